The number of likely N-dealkylation sites (tertiary alicyclic amines) is 1. The molecular formula is C7H13NO. The third kappa shape index (κ3) is 1.72. The molecule has 2 heteroatoms. The van der Waals surface area contributed by atoms with Gasteiger partial charge in [0.2, 0.25) is 0 Å². The minimum absolute atomic E-state index is 0.0683. The largest absolute Gasteiger partial charge is 0.393 e. The van der Waals surface area contributed by atoms with Crippen LogP contribution in [-0.2, 0) is 0 Å². The first kappa shape index (κ1) is 6.62. The van der Waals surface area contributed by atoms with Gasteiger partial charge in [0.15, 0.2) is 0 Å². The average molecular weight is 127 g/mol. The monoisotopic (exact) mass is 127 g/mol. The lowest BCUT2D eigenvalue weighted by Gasteiger charge is -2.27. The number of rotatable bonds is 1. The summed E-state index contributed by atoms with van der Waals surface area (Å²) in [4.78, 5) is 2.13. The maximum atomic E-state index is 9.06. The first-order chi connectivity index (χ1) is 4.33. The van der Waals surface area contributed by atoms with Crippen molar-refractivity contribution in [3.05, 3.63) is 12.8 Å². The number of nitrogens with zero attached hydrogens (tertiary/aromatic N) is 1. The molecule has 0 aromatic rings. The third-order valence-corrected chi connectivity index (χ3v) is 1.76. The Morgan fingerprint density at radius 1 is 1.44 bits per heavy atom. The van der Waals surface area contributed by atoms with Gasteiger partial charge in [-0.15, -0.1) is 0 Å². The van der Waals surface area contributed by atoms with Crippen LogP contribution in [0.3, 0.4) is 0 Å². The average Bonchev–Trinajstić information content (AvgIpc) is 1.90. The van der Waals surface area contributed by atoms with Gasteiger partial charge in [-0.1, -0.05) is 6.58 Å². The zero-order valence-electron chi connectivity index (χ0n) is 5.58. The highest BCUT2D eigenvalue weighted by molar-refractivity contribution is 4.77. The smallest absolute Gasteiger partial charge is 0.0573 e. The van der Waals surface area contributed by atoms with Crippen molar-refractivity contribution in [2.24, 2.45) is 0 Å². The normalized spacial score (nSPS) is 22.1. The lowest BCUT2D eigenvalue weighted by Crippen LogP contribution is -2.31. The summed E-state index contributed by atoms with van der Waals surface area (Å²) in [5, 5.41) is 9.06. The van der Waals surface area contributed by atoms with Gasteiger partial charge in [0.05, 0.1) is 6.10 Å². The maximum absolute atomic E-state index is 9.06. The van der Waals surface area contributed by atoms with E-state index in [1.807, 2.05) is 6.20 Å². The van der Waals surface area contributed by atoms with Crippen LogP contribution in [-0.4, -0.2) is 29.2 Å². The summed E-state index contributed by atoms with van der Waals surface area (Å²) in [6.45, 7) is 5.58. The van der Waals surface area contributed by atoms with E-state index in [2.05, 4.69) is 11.5 Å². The standard InChI is InChI=1S/C7H13NO/c1-2-8-5-3-7(9)4-6-8/h2,7,9H,1,3-6H2. The molecule has 1 rings (SSSR count). The van der Waals surface area contributed by atoms with Crippen LogP contribution in [0.5, 0.6) is 0 Å². The molecule has 9 heavy (non-hydrogen) atoms. The molecule has 1 N–H and O–H groups in total. The van der Waals surface area contributed by atoms with Crippen LogP contribution < -0.4 is 0 Å². The molecule has 0 unspecified atom stereocenters. The molecule has 1 fully saturated rings. The highest BCUT2D eigenvalue weighted by Gasteiger charge is 2.12. The quantitative estimate of drug-likeness (QED) is 0.557. The van der Waals surface area contributed by atoms with Crippen LogP contribution in [0.1, 0.15) is 12.8 Å². The Bertz CT molecular complexity index is 95.1. The number of aliphatic hydroxyl groups is 1. The number of hydrogen-bond acceptors (Lipinski definition) is 2. The van der Waals surface area contributed by atoms with E-state index in [1.54, 1.807) is 0 Å². The van der Waals surface area contributed by atoms with E-state index < -0.39 is 0 Å². The molecule has 0 atom stereocenters. The molecule has 2 nitrogen and oxygen atoms in total. The van der Waals surface area contributed by atoms with Gasteiger partial charge in [0.25, 0.3) is 0 Å². The molecule has 0 aromatic carbocycles. The zero-order valence-corrected chi connectivity index (χ0v) is 5.58. The Morgan fingerprint density at radius 3 is 2.44 bits per heavy atom. The molecule has 0 radical (unpaired) electrons. The third-order valence-electron chi connectivity index (χ3n) is 1.76. The Labute approximate surface area is 55.8 Å². The SMILES string of the molecule is C=CN1CCC(O)CC1. The van der Waals surface area contributed by atoms with Crippen molar-refractivity contribution < 1.29 is 5.11 Å². The summed E-state index contributed by atoms with van der Waals surface area (Å²) < 4.78 is 0. The van der Waals surface area contributed by atoms with Gasteiger partial charge in [-0.3, -0.25) is 0 Å². The molecule has 1 saturated heterocycles. The van der Waals surface area contributed by atoms with Gasteiger partial charge in [0, 0.05) is 13.1 Å². The van der Waals surface area contributed by atoms with Crippen molar-refractivity contribution in [1.29, 1.82) is 0 Å². The molecule has 0 bridgehead atoms. The fourth-order valence-corrected chi connectivity index (χ4v) is 1.07. The summed E-state index contributed by atoms with van der Waals surface area (Å²) in [5.41, 5.74) is 0. The molecular weight excluding hydrogens is 114 g/mol. The summed E-state index contributed by atoms with van der Waals surface area (Å²) in [6.07, 6.45) is 3.56. The maximum Gasteiger partial charge on any atom is 0.0573 e. The van der Waals surface area contributed by atoms with Gasteiger partial charge in [0.1, 0.15) is 0 Å². The Balaban J connectivity index is 2.26. The first-order valence-electron chi connectivity index (χ1n) is 3.37. The van der Waals surface area contributed by atoms with Gasteiger partial charge in [-0.2, -0.15) is 0 Å². The lowest BCUT2D eigenvalue weighted by molar-refractivity contribution is 0.102. The number of hydrogen-bond donors (Lipinski definition) is 1. The molecule has 0 aliphatic carbocycles. The number of aliphatic hydroxyl groups excluding tert-OH is 1. The van der Waals surface area contributed by atoms with Crippen molar-refractivity contribution in [2.75, 3.05) is 13.1 Å². The fourth-order valence-electron chi connectivity index (χ4n) is 1.07. The van der Waals surface area contributed by atoms with Crippen LogP contribution in [0.15, 0.2) is 12.8 Å². The summed E-state index contributed by atoms with van der Waals surface area (Å²) in [7, 11) is 0. The zero-order chi connectivity index (χ0) is 6.69. The molecule has 1 aliphatic heterocycles. The van der Waals surface area contributed by atoms with Crippen molar-refractivity contribution >= 4 is 0 Å². The Kier molecular flexibility index (Phi) is 2.11. The van der Waals surface area contributed by atoms with E-state index in [0.717, 1.165) is 25.9 Å². The van der Waals surface area contributed by atoms with Crippen molar-refractivity contribution in [1.82, 2.24) is 4.90 Å². The van der Waals surface area contributed by atoms with E-state index in [-0.39, 0.29) is 6.10 Å². The van der Waals surface area contributed by atoms with Crippen molar-refractivity contribution in [2.45, 2.75) is 18.9 Å². The minimum atomic E-state index is -0.0683. The van der Waals surface area contributed by atoms with Crippen molar-refractivity contribution in [3.63, 3.8) is 0 Å². The minimum Gasteiger partial charge on any atom is -0.393 e. The fraction of sp³-hybridized carbons (Fsp3) is 0.714. The molecule has 52 valence electrons. The first-order valence-corrected chi connectivity index (χ1v) is 3.37. The Morgan fingerprint density at radius 2 is 2.00 bits per heavy atom. The van der Waals surface area contributed by atoms with Crippen LogP contribution in [0.2, 0.25) is 0 Å². The van der Waals surface area contributed by atoms with Crippen LogP contribution in [0, 0.1) is 0 Å². The van der Waals surface area contributed by atoms with E-state index in [0.29, 0.717) is 0 Å². The topological polar surface area (TPSA) is 23.5 Å². The summed E-state index contributed by atoms with van der Waals surface area (Å²) in [6, 6.07) is 0. The van der Waals surface area contributed by atoms with E-state index >= 15 is 0 Å². The predicted octanol–water partition coefficient (Wildman–Crippen LogP) is 0.587. The highest BCUT2D eigenvalue weighted by Crippen LogP contribution is 2.08. The molecule has 0 aromatic heterocycles. The second-order valence-corrected chi connectivity index (χ2v) is 2.45. The van der Waals surface area contributed by atoms with Crippen LogP contribution in [0.25, 0.3) is 0 Å². The van der Waals surface area contributed by atoms with Crippen LogP contribution in [0.4, 0.5) is 0 Å². The van der Waals surface area contributed by atoms with Gasteiger partial charge in [-0.25, -0.2) is 0 Å². The molecule has 0 amide bonds. The van der Waals surface area contributed by atoms with E-state index in [1.165, 1.54) is 0 Å². The summed E-state index contributed by atoms with van der Waals surface area (Å²) >= 11 is 0. The number of piperidine rings is 1. The Hall–Kier alpha value is -0.500. The molecule has 1 aliphatic rings. The molecule has 0 spiro atoms. The van der Waals surface area contributed by atoms with Gasteiger partial charge < -0.3 is 10.0 Å². The predicted molar refractivity (Wildman–Crippen MR) is 37.0 cm³/mol. The lowest BCUT2D eigenvalue weighted by atomic mass is 10.1. The second kappa shape index (κ2) is 2.87. The summed E-state index contributed by atoms with van der Waals surface area (Å²) in [5.74, 6) is 0. The van der Waals surface area contributed by atoms with Gasteiger partial charge in [-0.05, 0) is 19.0 Å². The molecule has 0 saturated carbocycles. The van der Waals surface area contributed by atoms with Gasteiger partial charge >= 0.3 is 0 Å². The van der Waals surface area contributed by atoms with Crippen LogP contribution >= 0.6 is 0 Å². The van der Waals surface area contributed by atoms with Crippen molar-refractivity contribution in [3.8, 4) is 0 Å². The molecule has 1 heterocycles. The van der Waals surface area contributed by atoms with E-state index in [4.69, 9.17) is 5.11 Å². The highest BCUT2D eigenvalue weighted by atomic mass is 16.3. The second-order valence-electron chi connectivity index (χ2n) is 2.45. The van der Waals surface area contributed by atoms with E-state index in [9.17, 15) is 0 Å².